The number of amidine groups is 1. The summed E-state index contributed by atoms with van der Waals surface area (Å²) >= 11 is 5.97. The topological polar surface area (TPSA) is 96.9 Å². The zero-order valence-electron chi connectivity index (χ0n) is 16.7. The Bertz CT molecular complexity index is 1040. The number of hydrogen-bond acceptors (Lipinski definition) is 5. The van der Waals surface area contributed by atoms with Crippen molar-refractivity contribution in [2.45, 2.75) is 37.5 Å². The maximum absolute atomic E-state index is 12.5. The lowest BCUT2D eigenvalue weighted by molar-refractivity contribution is -0.118. The molecule has 2 aromatic rings. The molecule has 0 fully saturated rings. The van der Waals surface area contributed by atoms with Gasteiger partial charge in [-0.2, -0.15) is 0 Å². The van der Waals surface area contributed by atoms with Gasteiger partial charge in [-0.15, -0.1) is 0 Å². The zero-order valence-corrected chi connectivity index (χ0v) is 18.2. The molecule has 3 rings (SSSR count). The molecular weight excluding hydrogens is 426 g/mol. The van der Waals surface area contributed by atoms with Crippen molar-refractivity contribution in [1.29, 1.82) is 0 Å². The van der Waals surface area contributed by atoms with E-state index in [1.807, 2.05) is 6.92 Å². The largest absolute Gasteiger partial charge is 0.484 e. The predicted molar refractivity (Wildman–Crippen MR) is 118 cm³/mol. The number of aliphatic imine (C=N–C) groups is 1. The molecule has 0 radical (unpaired) electrons. The highest BCUT2D eigenvalue weighted by molar-refractivity contribution is 7.90. The van der Waals surface area contributed by atoms with E-state index in [4.69, 9.17) is 16.3 Å². The number of anilines is 1. The quantitative estimate of drug-likeness (QED) is 0.698. The number of aryl methyl sites for hydroxylation is 1. The van der Waals surface area contributed by atoms with Gasteiger partial charge >= 0.3 is 0 Å². The summed E-state index contributed by atoms with van der Waals surface area (Å²) in [6, 6.07) is 11.1. The van der Waals surface area contributed by atoms with Crippen molar-refractivity contribution in [2.24, 2.45) is 4.99 Å². The van der Waals surface area contributed by atoms with Crippen LogP contribution in [-0.4, -0.2) is 33.3 Å². The van der Waals surface area contributed by atoms with Gasteiger partial charge in [0.15, 0.2) is 6.61 Å². The Balaban J connectivity index is 1.56. The van der Waals surface area contributed by atoms with Crippen molar-refractivity contribution in [2.75, 3.05) is 18.5 Å². The molecule has 7 nitrogen and oxygen atoms in total. The highest BCUT2D eigenvalue weighted by atomic mass is 35.5. The molecule has 0 unspecified atom stereocenters. The van der Waals surface area contributed by atoms with E-state index in [9.17, 15) is 13.2 Å². The van der Waals surface area contributed by atoms with Gasteiger partial charge < -0.3 is 10.1 Å². The number of benzene rings is 2. The molecule has 1 heterocycles. The Kier molecular flexibility index (Phi) is 7.33. The number of carbonyl (C=O) groups excluding carboxylic acids is 1. The molecule has 0 spiro atoms. The minimum atomic E-state index is -3.70. The van der Waals surface area contributed by atoms with E-state index in [-0.39, 0.29) is 17.4 Å². The van der Waals surface area contributed by atoms with Gasteiger partial charge in [0.25, 0.3) is 15.9 Å². The SMILES string of the molecule is Cc1cc(OCC(=O)Nc2ccc(S(=O)(=O)NC3=NCCCCC3)cc2)ccc1Cl. The van der Waals surface area contributed by atoms with Crippen LogP contribution in [0.4, 0.5) is 5.69 Å². The van der Waals surface area contributed by atoms with E-state index in [1.54, 1.807) is 18.2 Å². The van der Waals surface area contributed by atoms with Crippen LogP contribution >= 0.6 is 11.6 Å². The Morgan fingerprint density at radius 1 is 1.13 bits per heavy atom. The molecule has 1 aliphatic heterocycles. The molecular formula is C21H24ClN3O4S. The molecule has 0 atom stereocenters. The first kappa shape index (κ1) is 22.1. The number of carbonyl (C=O) groups is 1. The monoisotopic (exact) mass is 449 g/mol. The van der Waals surface area contributed by atoms with Crippen LogP contribution in [0.5, 0.6) is 5.75 Å². The molecule has 9 heteroatoms. The molecule has 2 aromatic carbocycles. The van der Waals surface area contributed by atoms with Gasteiger partial charge in [-0.1, -0.05) is 18.0 Å². The van der Waals surface area contributed by atoms with Gasteiger partial charge in [0.1, 0.15) is 11.6 Å². The minimum absolute atomic E-state index is 0.111. The van der Waals surface area contributed by atoms with Crippen LogP contribution in [0.15, 0.2) is 52.4 Å². The summed E-state index contributed by atoms with van der Waals surface area (Å²) in [6.45, 7) is 2.31. The van der Waals surface area contributed by atoms with Crippen LogP contribution in [0.25, 0.3) is 0 Å². The first-order valence-electron chi connectivity index (χ1n) is 9.68. The van der Waals surface area contributed by atoms with Crippen LogP contribution in [0, 0.1) is 6.92 Å². The smallest absolute Gasteiger partial charge is 0.262 e. The number of amides is 1. The Hall–Kier alpha value is -2.58. The van der Waals surface area contributed by atoms with Crippen LogP contribution in [0.2, 0.25) is 5.02 Å². The van der Waals surface area contributed by atoms with E-state index in [2.05, 4.69) is 15.0 Å². The molecule has 30 heavy (non-hydrogen) atoms. The summed E-state index contributed by atoms with van der Waals surface area (Å²) in [4.78, 5) is 16.5. The Morgan fingerprint density at radius 3 is 2.63 bits per heavy atom. The number of nitrogens with zero attached hydrogens (tertiary/aromatic N) is 1. The fourth-order valence-electron chi connectivity index (χ4n) is 2.94. The Labute approximate surface area is 181 Å². The van der Waals surface area contributed by atoms with Crippen LogP contribution in [0.1, 0.15) is 31.2 Å². The van der Waals surface area contributed by atoms with Crippen molar-refractivity contribution >= 4 is 39.1 Å². The lowest BCUT2D eigenvalue weighted by atomic mass is 10.2. The van der Waals surface area contributed by atoms with Gasteiger partial charge in [0.05, 0.1) is 4.90 Å². The summed E-state index contributed by atoms with van der Waals surface area (Å²) in [5, 5.41) is 3.30. The third kappa shape index (κ3) is 6.21. The second-order valence-corrected chi connectivity index (χ2v) is 9.11. The fraction of sp³-hybridized carbons (Fsp3) is 0.333. The number of halogens is 1. The predicted octanol–water partition coefficient (Wildman–Crippen LogP) is 3.92. The second kappa shape index (κ2) is 9.95. The molecule has 160 valence electrons. The maximum atomic E-state index is 12.5. The van der Waals surface area contributed by atoms with Gasteiger partial charge in [0.2, 0.25) is 0 Å². The molecule has 2 N–H and O–H groups in total. The number of hydrogen-bond donors (Lipinski definition) is 2. The van der Waals surface area contributed by atoms with Crippen LogP contribution in [-0.2, 0) is 14.8 Å². The molecule has 0 aliphatic carbocycles. The zero-order chi connectivity index (χ0) is 21.6. The molecule has 1 aliphatic rings. The third-order valence-electron chi connectivity index (χ3n) is 4.57. The van der Waals surface area contributed by atoms with Gasteiger partial charge in [-0.25, -0.2) is 8.42 Å². The van der Waals surface area contributed by atoms with Crippen molar-refractivity contribution in [3.8, 4) is 5.75 Å². The first-order chi connectivity index (χ1) is 14.3. The summed E-state index contributed by atoms with van der Waals surface area (Å²) in [6.07, 6.45) is 3.57. The molecule has 0 saturated carbocycles. The highest BCUT2D eigenvalue weighted by Gasteiger charge is 2.17. The average molecular weight is 450 g/mol. The van der Waals surface area contributed by atoms with Crippen molar-refractivity contribution in [1.82, 2.24) is 4.72 Å². The third-order valence-corrected chi connectivity index (χ3v) is 6.40. The molecule has 1 amide bonds. The summed E-state index contributed by atoms with van der Waals surface area (Å²) in [7, 11) is -3.70. The number of nitrogens with one attached hydrogen (secondary N) is 2. The maximum Gasteiger partial charge on any atom is 0.262 e. The Morgan fingerprint density at radius 2 is 1.90 bits per heavy atom. The molecule has 0 aromatic heterocycles. The summed E-state index contributed by atoms with van der Waals surface area (Å²) in [5.74, 6) is 0.685. The number of rotatable bonds is 6. The van der Waals surface area contributed by atoms with Crippen molar-refractivity contribution < 1.29 is 17.9 Å². The average Bonchev–Trinajstić information content (AvgIpc) is 2.97. The summed E-state index contributed by atoms with van der Waals surface area (Å²) < 4.78 is 33.1. The van der Waals surface area contributed by atoms with E-state index < -0.39 is 10.0 Å². The minimum Gasteiger partial charge on any atom is -0.484 e. The van der Waals surface area contributed by atoms with Crippen molar-refractivity contribution in [3.63, 3.8) is 0 Å². The van der Waals surface area contributed by atoms with Crippen molar-refractivity contribution in [3.05, 3.63) is 53.1 Å². The van der Waals surface area contributed by atoms with Gasteiger partial charge in [-0.3, -0.25) is 14.5 Å². The number of ether oxygens (including phenoxy) is 1. The van der Waals surface area contributed by atoms with Crippen LogP contribution in [0.3, 0.4) is 0 Å². The van der Waals surface area contributed by atoms with E-state index >= 15 is 0 Å². The standard InChI is InChI=1S/C21H24ClN3O4S/c1-15-13-17(8-11-19(15)22)29-14-21(26)24-16-6-9-18(10-7-16)30(27,28)25-20-5-3-2-4-12-23-20/h6-11,13H,2-5,12,14H2,1H3,(H,23,25)(H,24,26). The molecule has 0 bridgehead atoms. The summed E-state index contributed by atoms with van der Waals surface area (Å²) in [5.41, 5.74) is 1.33. The van der Waals surface area contributed by atoms with Gasteiger partial charge in [-0.05, 0) is 67.8 Å². The second-order valence-electron chi connectivity index (χ2n) is 7.02. The fourth-order valence-corrected chi connectivity index (χ4v) is 4.15. The van der Waals surface area contributed by atoms with Gasteiger partial charge in [0, 0.05) is 23.7 Å². The van der Waals surface area contributed by atoms with E-state index in [0.717, 1.165) is 24.8 Å². The van der Waals surface area contributed by atoms with E-state index in [0.29, 0.717) is 35.3 Å². The molecule has 0 saturated heterocycles. The van der Waals surface area contributed by atoms with Crippen LogP contribution < -0.4 is 14.8 Å². The lowest BCUT2D eigenvalue weighted by Crippen LogP contribution is -2.30. The van der Waals surface area contributed by atoms with E-state index in [1.165, 1.54) is 24.3 Å². The normalized spacial score (nSPS) is 14.4. The number of sulfonamides is 1. The highest BCUT2D eigenvalue weighted by Crippen LogP contribution is 2.21. The first-order valence-corrected chi connectivity index (χ1v) is 11.5. The lowest BCUT2D eigenvalue weighted by Gasteiger charge is -2.11.